The molecule has 1 aliphatic rings. The van der Waals surface area contributed by atoms with Crippen molar-refractivity contribution in [2.75, 3.05) is 24.5 Å². The second kappa shape index (κ2) is 7.93. The molecule has 0 aromatic heterocycles. The Labute approximate surface area is 168 Å². The minimum absolute atomic E-state index is 0.282. The van der Waals surface area contributed by atoms with Gasteiger partial charge in [0.25, 0.3) is 0 Å². The summed E-state index contributed by atoms with van der Waals surface area (Å²) < 4.78 is 0. The molecule has 142 valence electrons. The van der Waals surface area contributed by atoms with Gasteiger partial charge < -0.3 is 9.80 Å². The van der Waals surface area contributed by atoms with Crippen LogP contribution in [0.2, 0.25) is 0 Å². The quantitative estimate of drug-likeness (QED) is 0.571. The summed E-state index contributed by atoms with van der Waals surface area (Å²) >= 11 is 0. The first-order valence-corrected chi connectivity index (χ1v) is 10.0. The number of hydrogen-bond acceptors (Lipinski definition) is 2. The molecular weight excluding hydrogens is 340 g/mol. The third kappa shape index (κ3) is 3.82. The molecule has 0 N–H and O–H groups in total. The van der Waals surface area contributed by atoms with E-state index in [1.54, 1.807) is 0 Å². The third-order valence-electron chi connectivity index (χ3n) is 5.70. The molecule has 0 radical (unpaired) electrons. The molecule has 1 atom stereocenters. The van der Waals surface area contributed by atoms with Crippen LogP contribution in [0, 0.1) is 13.8 Å². The van der Waals surface area contributed by atoms with Crippen molar-refractivity contribution >= 4 is 11.4 Å². The maximum Gasteiger partial charge on any atom is 0.0718 e. The molecule has 3 aromatic carbocycles. The molecule has 1 heterocycles. The molecule has 1 fully saturated rings. The summed E-state index contributed by atoms with van der Waals surface area (Å²) in [6.45, 7) is 11.6. The second-order valence-electron chi connectivity index (χ2n) is 7.71. The summed E-state index contributed by atoms with van der Waals surface area (Å²) in [5.41, 5.74) is 7.53. The Morgan fingerprint density at radius 3 is 2.04 bits per heavy atom. The lowest BCUT2D eigenvalue weighted by molar-refractivity contribution is 0.269. The number of hydrogen-bond donors (Lipinski definition) is 0. The van der Waals surface area contributed by atoms with Crippen LogP contribution in [-0.2, 0) is 0 Å². The Balaban J connectivity index is 1.63. The van der Waals surface area contributed by atoms with Crippen LogP contribution >= 0.6 is 0 Å². The zero-order valence-electron chi connectivity index (χ0n) is 16.8. The van der Waals surface area contributed by atoms with Crippen LogP contribution in [0.5, 0.6) is 0 Å². The molecule has 0 amide bonds. The fourth-order valence-electron chi connectivity index (χ4n) is 3.97. The van der Waals surface area contributed by atoms with Gasteiger partial charge in [-0.3, -0.25) is 0 Å². The normalized spacial score (nSPS) is 16.9. The van der Waals surface area contributed by atoms with Crippen LogP contribution in [0.15, 0.2) is 85.4 Å². The summed E-state index contributed by atoms with van der Waals surface area (Å²) in [5.74, 6) is 0. The highest BCUT2D eigenvalue weighted by molar-refractivity contribution is 5.63. The highest BCUT2D eigenvalue weighted by Crippen LogP contribution is 2.34. The summed E-state index contributed by atoms with van der Waals surface area (Å²) in [4.78, 5) is 4.97. The minimum Gasteiger partial charge on any atom is -0.367 e. The van der Waals surface area contributed by atoms with Gasteiger partial charge in [-0.05, 0) is 37.1 Å². The largest absolute Gasteiger partial charge is 0.367 e. The van der Waals surface area contributed by atoms with E-state index in [-0.39, 0.29) is 6.04 Å². The zero-order valence-corrected chi connectivity index (χ0v) is 16.8. The van der Waals surface area contributed by atoms with Crippen molar-refractivity contribution in [3.63, 3.8) is 0 Å². The van der Waals surface area contributed by atoms with Crippen molar-refractivity contribution in [2.45, 2.75) is 19.9 Å². The van der Waals surface area contributed by atoms with Gasteiger partial charge in [0.15, 0.2) is 0 Å². The van der Waals surface area contributed by atoms with E-state index in [1.165, 1.54) is 27.9 Å². The molecular formula is C26H28N2. The number of anilines is 1. The van der Waals surface area contributed by atoms with E-state index in [2.05, 4.69) is 109 Å². The zero-order chi connectivity index (χ0) is 19.5. The van der Waals surface area contributed by atoms with Gasteiger partial charge in [0.05, 0.1) is 6.04 Å². The number of aryl methyl sites for hydroxylation is 2. The van der Waals surface area contributed by atoms with Crippen LogP contribution in [0.4, 0.5) is 5.69 Å². The Hall–Kier alpha value is -3.00. The van der Waals surface area contributed by atoms with Gasteiger partial charge in [-0.2, -0.15) is 0 Å². The monoisotopic (exact) mass is 368 g/mol. The third-order valence-corrected chi connectivity index (χ3v) is 5.70. The summed E-state index contributed by atoms with van der Waals surface area (Å²) in [5, 5.41) is 0. The lowest BCUT2D eigenvalue weighted by atomic mass is 9.99. The van der Waals surface area contributed by atoms with E-state index in [1.807, 2.05) is 0 Å². The summed E-state index contributed by atoms with van der Waals surface area (Å²) in [6, 6.07) is 28.7. The second-order valence-corrected chi connectivity index (χ2v) is 7.71. The van der Waals surface area contributed by atoms with Crippen molar-refractivity contribution in [3.8, 4) is 0 Å². The summed E-state index contributed by atoms with van der Waals surface area (Å²) in [7, 11) is 0. The Kier molecular flexibility index (Phi) is 5.21. The van der Waals surface area contributed by atoms with E-state index in [4.69, 9.17) is 0 Å². The van der Waals surface area contributed by atoms with E-state index in [0.29, 0.717) is 0 Å². The fraction of sp³-hybridized carbons (Fsp3) is 0.231. The molecule has 0 saturated carbocycles. The lowest BCUT2D eigenvalue weighted by Gasteiger charge is -2.45. The minimum atomic E-state index is 0.282. The number of piperazine rings is 1. The summed E-state index contributed by atoms with van der Waals surface area (Å²) in [6.07, 6.45) is 0. The molecule has 2 nitrogen and oxygen atoms in total. The highest BCUT2D eigenvalue weighted by Gasteiger charge is 2.29. The molecule has 1 unspecified atom stereocenters. The van der Waals surface area contributed by atoms with Crippen molar-refractivity contribution in [2.24, 2.45) is 0 Å². The van der Waals surface area contributed by atoms with E-state index in [0.717, 1.165) is 25.3 Å². The smallest absolute Gasteiger partial charge is 0.0718 e. The van der Waals surface area contributed by atoms with Gasteiger partial charge in [0.1, 0.15) is 0 Å². The van der Waals surface area contributed by atoms with Crippen molar-refractivity contribution in [1.29, 1.82) is 0 Å². The van der Waals surface area contributed by atoms with Crippen molar-refractivity contribution in [1.82, 2.24) is 4.90 Å². The molecule has 3 aromatic rings. The molecule has 0 aliphatic carbocycles. The highest BCUT2D eigenvalue weighted by atomic mass is 15.3. The Bertz CT molecular complexity index is 926. The lowest BCUT2D eigenvalue weighted by Crippen LogP contribution is -2.47. The van der Waals surface area contributed by atoms with Crippen LogP contribution in [0.3, 0.4) is 0 Å². The average Bonchev–Trinajstić information content (AvgIpc) is 2.74. The van der Waals surface area contributed by atoms with Crippen LogP contribution in [-0.4, -0.2) is 24.5 Å². The maximum absolute atomic E-state index is 4.47. The first kappa shape index (κ1) is 18.4. The Morgan fingerprint density at radius 2 is 1.39 bits per heavy atom. The van der Waals surface area contributed by atoms with Crippen LogP contribution in [0.25, 0.3) is 5.70 Å². The molecule has 1 saturated heterocycles. The maximum atomic E-state index is 4.47. The molecule has 0 bridgehead atoms. The molecule has 28 heavy (non-hydrogen) atoms. The van der Waals surface area contributed by atoms with Gasteiger partial charge >= 0.3 is 0 Å². The average molecular weight is 369 g/mol. The van der Waals surface area contributed by atoms with Crippen LogP contribution in [0.1, 0.15) is 28.3 Å². The molecule has 0 spiro atoms. The van der Waals surface area contributed by atoms with Gasteiger partial charge in [-0.15, -0.1) is 0 Å². The predicted molar refractivity (Wildman–Crippen MR) is 119 cm³/mol. The predicted octanol–water partition coefficient (Wildman–Crippen LogP) is 5.84. The van der Waals surface area contributed by atoms with Gasteiger partial charge in [0.2, 0.25) is 0 Å². The molecule has 2 heteroatoms. The van der Waals surface area contributed by atoms with E-state index >= 15 is 0 Å². The molecule has 4 rings (SSSR count). The standard InChI is InChI=1S/C26H28N2/c1-20-9-13-23(14-10-20)22(3)28-18-17-27(25-15-11-21(2)12-16-25)19-26(28)24-7-5-4-6-8-24/h4-16,26H,3,17-19H2,1-2H3. The SMILES string of the molecule is C=C(c1ccc(C)cc1)N1CCN(c2ccc(C)cc2)CC1c1ccccc1. The van der Waals surface area contributed by atoms with E-state index in [9.17, 15) is 0 Å². The van der Waals surface area contributed by atoms with Crippen LogP contribution < -0.4 is 4.90 Å². The van der Waals surface area contributed by atoms with Gasteiger partial charge in [0, 0.05) is 31.0 Å². The number of benzene rings is 3. The van der Waals surface area contributed by atoms with E-state index < -0.39 is 0 Å². The van der Waals surface area contributed by atoms with Crippen molar-refractivity contribution < 1.29 is 0 Å². The number of rotatable bonds is 4. The van der Waals surface area contributed by atoms with Crippen molar-refractivity contribution in [3.05, 3.63) is 108 Å². The fourth-order valence-corrected chi connectivity index (χ4v) is 3.97. The van der Waals surface area contributed by atoms with Gasteiger partial charge in [-0.1, -0.05) is 84.4 Å². The number of nitrogens with zero attached hydrogens (tertiary/aromatic N) is 2. The topological polar surface area (TPSA) is 6.48 Å². The Morgan fingerprint density at radius 1 is 0.786 bits per heavy atom. The first-order valence-electron chi connectivity index (χ1n) is 10.0. The molecule has 1 aliphatic heterocycles. The van der Waals surface area contributed by atoms with Gasteiger partial charge in [-0.25, -0.2) is 0 Å². The first-order chi connectivity index (χ1) is 13.6.